The van der Waals surface area contributed by atoms with E-state index in [0.29, 0.717) is 12.0 Å². The first kappa shape index (κ1) is 15.3. The summed E-state index contributed by atoms with van der Waals surface area (Å²) < 4.78 is 0. The minimum absolute atomic E-state index is 0.0786. The third-order valence-electron chi connectivity index (χ3n) is 4.18. The molecule has 106 valence electrons. The van der Waals surface area contributed by atoms with Crippen molar-refractivity contribution in [1.82, 2.24) is 15.1 Å². The van der Waals surface area contributed by atoms with Crippen LogP contribution in [-0.2, 0) is 0 Å². The Morgan fingerprint density at radius 2 is 2.06 bits per heavy atom. The van der Waals surface area contributed by atoms with Crippen molar-refractivity contribution >= 4 is 6.03 Å². The van der Waals surface area contributed by atoms with Crippen LogP contribution in [0.3, 0.4) is 0 Å². The van der Waals surface area contributed by atoms with Crippen molar-refractivity contribution in [2.45, 2.75) is 45.6 Å². The number of rotatable bonds is 5. The predicted molar refractivity (Wildman–Crippen MR) is 75.8 cm³/mol. The molecule has 0 saturated carbocycles. The molecular formula is C14H29N3O. The van der Waals surface area contributed by atoms with Gasteiger partial charge in [-0.25, -0.2) is 4.79 Å². The van der Waals surface area contributed by atoms with Crippen molar-refractivity contribution < 1.29 is 4.79 Å². The summed E-state index contributed by atoms with van der Waals surface area (Å²) in [7, 11) is 4.09. The summed E-state index contributed by atoms with van der Waals surface area (Å²) >= 11 is 0. The number of amides is 2. The second kappa shape index (κ2) is 7.62. The standard InChI is InChI=1S/C14H29N3O/c1-5-6-9-15-14(18)17(4)12(2)13-7-10-16(3)11-8-13/h12-13H,5-11H2,1-4H3,(H,15,18)/t12-/m1/s1. The average molecular weight is 255 g/mol. The third kappa shape index (κ3) is 4.48. The zero-order valence-corrected chi connectivity index (χ0v) is 12.4. The van der Waals surface area contributed by atoms with E-state index in [4.69, 9.17) is 0 Å². The zero-order valence-electron chi connectivity index (χ0n) is 12.4. The molecule has 0 aliphatic carbocycles. The monoisotopic (exact) mass is 255 g/mol. The van der Waals surface area contributed by atoms with Crippen molar-refractivity contribution in [2.75, 3.05) is 33.7 Å². The van der Waals surface area contributed by atoms with Crippen LogP contribution in [0, 0.1) is 5.92 Å². The highest BCUT2D eigenvalue weighted by atomic mass is 16.2. The second-order valence-electron chi connectivity index (χ2n) is 5.58. The first-order chi connectivity index (χ1) is 8.56. The van der Waals surface area contributed by atoms with Gasteiger partial charge in [-0.15, -0.1) is 0 Å². The molecular weight excluding hydrogens is 226 g/mol. The zero-order chi connectivity index (χ0) is 13.5. The number of urea groups is 1. The van der Waals surface area contributed by atoms with Crippen molar-refractivity contribution in [3.63, 3.8) is 0 Å². The lowest BCUT2D eigenvalue weighted by Crippen LogP contribution is -2.47. The Bertz CT molecular complexity index is 249. The maximum absolute atomic E-state index is 12.0. The molecule has 0 unspecified atom stereocenters. The Kier molecular flexibility index (Phi) is 6.47. The minimum atomic E-state index is 0.0786. The summed E-state index contributed by atoms with van der Waals surface area (Å²) in [6.45, 7) is 7.41. The van der Waals surface area contributed by atoms with Gasteiger partial charge < -0.3 is 15.1 Å². The van der Waals surface area contributed by atoms with Crippen LogP contribution < -0.4 is 5.32 Å². The van der Waals surface area contributed by atoms with Crippen molar-refractivity contribution in [1.29, 1.82) is 0 Å². The van der Waals surface area contributed by atoms with Gasteiger partial charge in [-0.1, -0.05) is 13.3 Å². The van der Waals surface area contributed by atoms with Crippen LogP contribution >= 0.6 is 0 Å². The van der Waals surface area contributed by atoms with Gasteiger partial charge in [0.25, 0.3) is 0 Å². The van der Waals surface area contributed by atoms with Crippen LogP contribution in [0.15, 0.2) is 0 Å². The van der Waals surface area contributed by atoms with E-state index in [1.807, 2.05) is 11.9 Å². The van der Waals surface area contributed by atoms with Crippen LogP contribution in [0.4, 0.5) is 4.79 Å². The van der Waals surface area contributed by atoms with E-state index in [2.05, 4.69) is 31.1 Å². The summed E-state index contributed by atoms with van der Waals surface area (Å²) in [5, 5.41) is 2.99. The SMILES string of the molecule is CCCCNC(=O)N(C)[C@H](C)C1CCN(C)CC1. The van der Waals surface area contributed by atoms with Gasteiger partial charge in [0.15, 0.2) is 0 Å². The molecule has 1 fully saturated rings. The highest BCUT2D eigenvalue weighted by Crippen LogP contribution is 2.22. The third-order valence-corrected chi connectivity index (χ3v) is 4.18. The molecule has 1 aliphatic heterocycles. The van der Waals surface area contributed by atoms with Gasteiger partial charge in [0, 0.05) is 19.6 Å². The van der Waals surface area contributed by atoms with Crippen LogP contribution in [0.25, 0.3) is 0 Å². The van der Waals surface area contributed by atoms with E-state index >= 15 is 0 Å². The second-order valence-corrected chi connectivity index (χ2v) is 5.58. The van der Waals surface area contributed by atoms with E-state index in [9.17, 15) is 4.79 Å². The molecule has 0 aromatic rings. The number of likely N-dealkylation sites (tertiary alicyclic amines) is 1. The molecule has 1 aliphatic rings. The first-order valence-electron chi connectivity index (χ1n) is 7.25. The molecule has 1 atom stereocenters. The van der Waals surface area contributed by atoms with Crippen molar-refractivity contribution in [2.24, 2.45) is 5.92 Å². The van der Waals surface area contributed by atoms with Gasteiger partial charge in [0.1, 0.15) is 0 Å². The maximum Gasteiger partial charge on any atom is 0.317 e. The van der Waals surface area contributed by atoms with Crippen LogP contribution in [-0.4, -0.2) is 55.6 Å². The van der Waals surface area contributed by atoms with Gasteiger partial charge in [-0.05, 0) is 52.2 Å². The average Bonchev–Trinajstić information content (AvgIpc) is 2.38. The molecule has 1 N–H and O–H groups in total. The Labute approximate surface area is 112 Å². The predicted octanol–water partition coefficient (Wildman–Crippen LogP) is 2.16. The number of hydrogen-bond donors (Lipinski definition) is 1. The van der Waals surface area contributed by atoms with E-state index in [-0.39, 0.29) is 6.03 Å². The van der Waals surface area contributed by atoms with Crippen molar-refractivity contribution in [3.8, 4) is 0 Å². The number of nitrogens with one attached hydrogen (secondary N) is 1. The van der Waals surface area contributed by atoms with Crippen molar-refractivity contribution in [3.05, 3.63) is 0 Å². The molecule has 2 amide bonds. The van der Waals surface area contributed by atoms with E-state index in [1.54, 1.807) is 0 Å². The van der Waals surface area contributed by atoms with E-state index < -0.39 is 0 Å². The quantitative estimate of drug-likeness (QED) is 0.764. The Morgan fingerprint density at radius 3 is 2.61 bits per heavy atom. The Balaban J connectivity index is 2.35. The van der Waals surface area contributed by atoms with Gasteiger partial charge in [0.2, 0.25) is 0 Å². The lowest BCUT2D eigenvalue weighted by Gasteiger charge is -2.37. The fourth-order valence-electron chi connectivity index (χ4n) is 2.51. The lowest BCUT2D eigenvalue weighted by atomic mass is 9.90. The molecule has 0 aromatic carbocycles. The molecule has 1 rings (SSSR count). The minimum Gasteiger partial charge on any atom is -0.338 e. The molecule has 0 aromatic heterocycles. The lowest BCUT2D eigenvalue weighted by molar-refractivity contribution is 0.132. The number of unbranched alkanes of at least 4 members (excludes halogenated alkanes) is 1. The summed E-state index contributed by atoms with van der Waals surface area (Å²) in [6, 6.07) is 0.412. The highest BCUT2D eigenvalue weighted by molar-refractivity contribution is 5.74. The summed E-state index contributed by atoms with van der Waals surface area (Å²) in [4.78, 5) is 16.2. The summed E-state index contributed by atoms with van der Waals surface area (Å²) in [5.41, 5.74) is 0. The van der Waals surface area contributed by atoms with E-state index in [1.165, 1.54) is 12.8 Å². The smallest absolute Gasteiger partial charge is 0.317 e. The Morgan fingerprint density at radius 1 is 1.44 bits per heavy atom. The van der Waals surface area contributed by atoms with Gasteiger partial charge >= 0.3 is 6.03 Å². The highest BCUT2D eigenvalue weighted by Gasteiger charge is 2.26. The molecule has 0 spiro atoms. The summed E-state index contributed by atoms with van der Waals surface area (Å²) in [6.07, 6.45) is 4.57. The fourth-order valence-corrected chi connectivity index (χ4v) is 2.51. The van der Waals surface area contributed by atoms with Gasteiger partial charge in [-0.3, -0.25) is 0 Å². The topological polar surface area (TPSA) is 35.6 Å². The molecule has 4 heteroatoms. The number of nitrogens with zero attached hydrogens (tertiary/aromatic N) is 2. The molecule has 1 saturated heterocycles. The molecule has 0 bridgehead atoms. The normalized spacial score (nSPS) is 19.6. The first-order valence-corrected chi connectivity index (χ1v) is 7.25. The number of carbonyl (C=O) groups excluding carboxylic acids is 1. The van der Waals surface area contributed by atoms with Crippen LogP contribution in [0.2, 0.25) is 0 Å². The number of carbonyl (C=O) groups is 1. The molecule has 0 radical (unpaired) electrons. The largest absolute Gasteiger partial charge is 0.338 e. The van der Waals surface area contributed by atoms with Crippen LogP contribution in [0.1, 0.15) is 39.5 Å². The van der Waals surface area contributed by atoms with Crippen LogP contribution in [0.5, 0.6) is 0 Å². The fraction of sp³-hybridized carbons (Fsp3) is 0.929. The molecule has 18 heavy (non-hydrogen) atoms. The van der Waals surface area contributed by atoms with E-state index in [0.717, 1.165) is 32.5 Å². The number of piperidine rings is 1. The van der Waals surface area contributed by atoms with Gasteiger partial charge in [-0.2, -0.15) is 0 Å². The summed E-state index contributed by atoms with van der Waals surface area (Å²) in [5.74, 6) is 0.642. The van der Waals surface area contributed by atoms with Gasteiger partial charge in [0.05, 0.1) is 0 Å². The maximum atomic E-state index is 12.0. The Hall–Kier alpha value is -0.770. The molecule has 4 nitrogen and oxygen atoms in total. The number of hydrogen-bond acceptors (Lipinski definition) is 2. The molecule has 1 heterocycles.